The molecular formula is C23H27ClFN3O2S. The molecule has 0 amide bonds. The molecule has 0 bridgehead atoms. The Bertz CT molecular complexity index is 1240. The van der Waals surface area contributed by atoms with Crippen LogP contribution in [0, 0.1) is 11.2 Å². The van der Waals surface area contributed by atoms with Crippen molar-refractivity contribution < 1.29 is 12.8 Å². The number of hydrogen-bond acceptors (Lipinski definition) is 3. The van der Waals surface area contributed by atoms with E-state index in [1.807, 2.05) is 6.20 Å². The number of sulfonamides is 1. The van der Waals surface area contributed by atoms with Crippen LogP contribution in [0.4, 0.5) is 4.39 Å². The van der Waals surface area contributed by atoms with Crippen molar-refractivity contribution in [3.63, 3.8) is 0 Å². The lowest BCUT2D eigenvalue weighted by molar-refractivity contribution is 0.349. The normalized spacial score (nSPS) is 16.1. The maximum atomic E-state index is 15.2. The van der Waals surface area contributed by atoms with E-state index >= 15 is 4.39 Å². The molecule has 1 saturated carbocycles. The third-order valence-corrected chi connectivity index (χ3v) is 7.77. The predicted molar refractivity (Wildman–Crippen MR) is 123 cm³/mol. The number of hydrogen-bond donors (Lipinski definition) is 1. The summed E-state index contributed by atoms with van der Waals surface area (Å²) in [4.78, 5) is 4.26. The summed E-state index contributed by atoms with van der Waals surface area (Å²) in [5.41, 5.74) is 2.25. The Labute approximate surface area is 187 Å². The van der Waals surface area contributed by atoms with Gasteiger partial charge in [-0.05, 0) is 55.0 Å². The Balaban J connectivity index is 1.86. The van der Waals surface area contributed by atoms with Gasteiger partial charge in [0.2, 0.25) is 10.0 Å². The van der Waals surface area contributed by atoms with Crippen molar-refractivity contribution in [2.45, 2.75) is 58.4 Å². The van der Waals surface area contributed by atoms with Crippen molar-refractivity contribution in [1.29, 1.82) is 0 Å². The first-order valence-corrected chi connectivity index (χ1v) is 12.3. The van der Waals surface area contributed by atoms with E-state index < -0.39 is 21.9 Å². The van der Waals surface area contributed by atoms with Crippen molar-refractivity contribution in [3.05, 3.63) is 53.1 Å². The zero-order valence-corrected chi connectivity index (χ0v) is 19.7. The van der Waals surface area contributed by atoms with Crippen LogP contribution in [0.15, 0.2) is 36.7 Å². The van der Waals surface area contributed by atoms with Gasteiger partial charge in [-0.2, -0.15) is 0 Å². The summed E-state index contributed by atoms with van der Waals surface area (Å²) in [6, 6.07) is 6.14. The van der Waals surface area contributed by atoms with Gasteiger partial charge in [-0.1, -0.05) is 32.4 Å². The van der Waals surface area contributed by atoms with Crippen LogP contribution in [0.1, 0.15) is 52.1 Å². The topological polar surface area (TPSA) is 64.0 Å². The quantitative estimate of drug-likeness (QED) is 0.511. The second-order valence-electron chi connectivity index (χ2n) is 9.54. The lowest BCUT2D eigenvalue weighted by atomic mass is 9.97. The largest absolute Gasteiger partial charge is 0.347 e. The summed E-state index contributed by atoms with van der Waals surface area (Å²) in [6.07, 6.45) is 4.89. The van der Waals surface area contributed by atoms with Gasteiger partial charge in [0.25, 0.3) is 0 Å². The monoisotopic (exact) mass is 463 g/mol. The van der Waals surface area contributed by atoms with Crippen LogP contribution in [0.2, 0.25) is 5.02 Å². The molecule has 31 heavy (non-hydrogen) atoms. The van der Waals surface area contributed by atoms with Gasteiger partial charge >= 0.3 is 0 Å². The number of aromatic nitrogens is 2. The zero-order chi connectivity index (χ0) is 22.6. The van der Waals surface area contributed by atoms with Gasteiger partial charge in [-0.25, -0.2) is 17.5 Å². The van der Waals surface area contributed by atoms with Crippen molar-refractivity contribution in [3.8, 4) is 11.3 Å². The summed E-state index contributed by atoms with van der Waals surface area (Å²) >= 11 is 6.28. The lowest BCUT2D eigenvalue weighted by Crippen LogP contribution is -2.29. The number of halogens is 2. The Morgan fingerprint density at radius 3 is 2.65 bits per heavy atom. The van der Waals surface area contributed by atoms with Crippen molar-refractivity contribution >= 4 is 32.5 Å². The van der Waals surface area contributed by atoms with Crippen LogP contribution < -0.4 is 4.72 Å². The standard InChI is InChI=1S/C23H27ClFN3O2S/c1-14(27-31(29,30)15-7-8-15)18-12-28(13-23(2,3)4)21-11-17(20(25)10-16(18)21)22-19(24)6-5-9-26-22/h5-6,9-12,14-15,27H,7-8,13H2,1-4H3. The van der Waals surface area contributed by atoms with Crippen LogP contribution in [-0.2, 0) is 16.6 Å². The zero-order valence-electron chi connectivity index (χ0n) is 18.1. The van der Waals surface area contributed by atoms with Crippen molar-refractivity contribution in [2.24, 2.45) is 5.41 Å². The molecule has 1 atom stereocenters. The molecule has 0 aliphatic heterocycles. The second kappa shape index (κ2) is 7.87. The molecule has 2 heterocycles. The molecular weight excluding hydrogens is 437 g/mol. The van der Waals surface area contributed by atoms with Crippen LogP contribution in [0.5, 0.6) is 0 Å². The number of benzene rings is 1. The average molecular weight is 464 g/mol. The number of nitrogens with zero attached hydrogens (tertiary/aromatic N) is 2. The third-order valence-electron chi connectivity index (χ3n) is 5.43. The average Bonchev–Trinajstić information content (AvgIpc) is 3.46. The molecule has 1 aliphatic carbocycles. The molecule has 166 valence electrons. The molecule has 5 nitrogen and oxygen atoms in total. The Kier molecular flexibility index (Phi) is 5.65. The summed E-state index contributed by atoms with van der Waals surface area (Å²) in [6.45, 7) is 8.86. The Morgan fingerprint density at radius 2 is 2.03 bits per heavy atom. The van der Waals surface area contributed by atoms with Gasteiger partial charge in [-0.3, -0.25) is 4.98 Å². The highest BCUT2D eigenvalue weighted by atomic mass is 35.5. The van der Waals surface area contributed by atoms with E-state index in [1.54, 1.807) is 31.3 Å². The maximum absolute atomic E-state index is 15.2. The van der Waals surface area contributed by atoms with Crippen LogP contribution >= 0.6 is 11.6 Å². The second-order valence-corrected chi connectivity index (χ2v) is 11.9. The van der Waals surface area contributed by atoms with E-state index in [-0.39, 0.29) is 10.7 Å². The van der Waals surface area contributed by atoms with Crippen LogP contribution in [0.25, 0.3) is 22.2 Å². The number of fused-ring (bicyclic) bond motifs is 1. The maximum Gasteiger partial charge on any atom is 0.215 e. The molecule has 1 aromatic carbocycles. The number of pyridine rings is 1. The van der Waals surface area contributed by atoms with Gasteiger partial charge in [-0.15, -0.1) is 0 Å². The van der Waals surface area contributed by atoms with Crippen molar-refractivity contribution in [1.82, 2.24) is 14.3 Å². The van der Waals surface area contributed by atoms with Gasteiger partial charge in [0.15, 0.2) is 0 Å². The van der Waals surface area contributed by atoms with Crippen LogP contribution in [-0.4, -0.2) is 23.2 Å². The molecule has 0 radical (unpaired) electrons. The molecule has 1 unspecified atom stereocenters. The summed E-state index contributed by atoms with van der Waals surface area (Å²) in [5, 5.41) is 0.747. The van der Waals surface area contributed by atoms with E-state index in [4.69, 9.17) is 11.6 Å². The molecule has 8 heteroatoms. The highest BCUT2D eigenvalue weighted by Crippen LogP contribution is 2.36. The van der Waals surface area contributed by atoms with E-state index in [0.29, 0.717) is 41.1 Å². The Hall–Kier alpha value is -1.96. The minimum atomic E-state index is -3.38. The highest BCUT2D eigenvalue weighted by Gasteiger charge is 2.37. The molecule has 4 rings (SSSR count). The molecule has 0 saturated heterocycles. The first-order chi connectivity index (χ1) is 14.5. The SMILES string of the molecule is CC(NS(=O)(=O)C1CC1)c1cn(CC(C)(C)C)c2cc(-c3ncccc3Cl)c(F)cc12. The molecule has 1 fully saturated rings. The van der Waals surface area contributed by atoms with Gasteiger partial charge < -0.3 is 4.57 Å². The third kappa shape index (κ3) is 4.64. The van der Waals surface area contributed by atoms with E-state index in [1.165, 1.54) is 6.07 Å². The first kappa shape index (κ1) is 22.2. The van der Waals surface area contributed by atoms with E-state index in [0.717, 1.165) is 11.1 Å². The first-order valence-electron chi connectivity index (χ1n) is 10.4. The summed E-state index contributed by atoms with van der Waals surface area (Å²) < 4.78 is 45.0. The number of rotatable bonds is 6. The fourth-order valence-corrected chi connectivity index (χ4v) is 5.67. The smallest absolute Gasteiger partial charge is 0.215 e. The van der Waals surface area contributed by atoms with Crippen molar-refractivity contribution in [2.75, 3.05) is 0 Å². The summed E-state index contributed by atoms with van der Waals surface area (Å²) in [7, 11) is -3.38. The van der Waals surface area contributed by atoms with Gasteiger partial charge in [0.05, 0.1) is 16.0 Å². The molecule has 0 spiro atoms. The fraction of sp³-hybridized carbons (Fsp3) is 0.435. The van der Waals surface area contributed by atoms with Gasteiger partial charge in [0, 0.05) is 41.4 Å². The molecule has 1 aliphatic rings. The highest BCUT2D eigenvalue weighted by molar-refractivity contribution is 7.90. The molecule has 1 N–H and O–H groups in total. The lowest BCUT2D eigenvalue weighted by Gasteiger charge is -2.20. The predicted octanol–water partition coefficient (Wildman–Crippen LogP) is 5.68. The molecule has 3 aromatic rings. The van der Waals surface area contributed by atoms with E-state index in [9.17, 15) is 8.42 Å². The minimum absolute atomic E-state index is 0.0306. The molecule has 2 aromatic heterocycles. The Morgan fingerprint density at radius 1 is 1.32 bits per heavy atom. The van der Waals surface area contributed by atoms with Crippen LogP contribution in [0.3, 0.4) is 0 Å². The van der Waals surface area contributed by atoms with Gasteiger partial charge in [0.1, 0.15) is 5.82 Å². The summed E-state index contributed by atoms with van der Waals surface area (Å²) in [5.74, 6) is -0.444. The number of nitrogens with one attached hydrogen (secondary N) is 1. The minimum Gasteiger partial charge on any atom is -0.347 e. The fourth-order valence-electron chi connectivity index (χ4n) is 3.87. The van der Waals surface area contributed by atoms with E-state index in [2.05, 4.69) is 35.0 Å².